The predicted molar refractivity (Wildman–Crippen MR) is 63.3 cm³/mol. The zero-order valence-corrected chi connectivity index (χ0v) is 9.30. The maximum Gasteiger partial charge on any atom is 0.185 e. The Morgan fingerprint density at radius 2 is 2.47 bits per heavy atom. The summed E-state index contributed by atoms with van der Waals surface area (Å²) in [5, 5.41) is 0.130. The minimum Gasteiger partial charge on any atom is -0.384 e. The molecule has 0 aliphatic rings. The zero-order valence-electron chi connectivity index (χ0n) is 8.49. The molecule has 15 heavy (non-hydrogen) atoms. The van der Waals surface area contributed by atoms with Gasteiger partial charge in [-0.25, -0.2) is 4.98 Å². The average Bonchev–Trinajstić information content (AvgIpc) is 2.17. The highest BCUT2D eigenvalue weighted by atomic mass is 32.2. The van der Waals surface area contributed by atoms with E-state index in [9.17, 15) is 4.79 Å². The SMILES string of the molecule is CC(=O)SCCC#Cc1ccnc(N)c1. The van der Waals surface area contributed by atoms with Gasteiger partial charge in [-0.15, -0.1) is 0 Å². The first-order chi connectivity index (χ1) is 7.18. The first-order valence-electron chi connectivity index (χ1n) is 4.52. The van der Waals surface area contributed by atoms with E-state index in [1.807, 2.05) is 6.07 Å². The van der Waals surface area contributed by atoms with Crippen LogP contribution in [0.4, 0.5) is 5.82 Å². The van der Waals surface area contributed by atoms with E-state index in [1.54, 1.807) is 19.2 Å². The van der Waals surface area contributed by atoms with Crippen molar-refractivity contribution >= 4 is 22.7 Å². The second kappa shape index (κ2) is 6.10. The van der Waals surface area contributed by atoms with Crippen LogP contribution >= 0.6 is 11.8 Å². The second-order valence-corrected chi connectivity index (χ2v) is 4.13. The van der Waals surface area contributed by atoms with E-state index in [-0.39, 0.29) is 5.12 Å². The number of nitrogen functional groups attached to an aromatic ring is 1. The standard InChI is InChI=1S/C11H12N2OS/c1-9(14)15-7-3-2-4-10-5-6-13-11(12)8-10/h5-6,8H,3,7H2,1H3,(H2,12,13). The maximum absolute atomic E-state index is 10.6. The van der Waals surface area contributed by atoms with E-state index in [4.69, 9.17) is 5.73 Å². The van der Waals surface area contributed by atoms with Crippen LogP contribution in [0, 0.1) is 11.8 Å². The van der Waals surface area contributed by atoms with Crippen molar-refractivity contribution in [3.05, 3.63) is 23.9 Å². The van der Waals surface area contributed by atoms with Gasteiger partial charge in [0.25, 0.3) is 0 Å². The number of hydrogen-bond donors (Lipinski definition) is 1. The van der Waals surface area contributed by atoms with Crippen LogP contribution in [0.1, 0.15) is 18.9 Å². The fourth-order valence-electron chi connectivity index (χ4n) is 0.936. The average molecular weight is 220 g/mol. The van der Waals surface area contributed by atoms with Crippen LogP contribution in [-0.2, 0) is 4.79 Å². The molecule has 0 atom stereocenters. The topological polar surface area (TPSA) is 56.0 Å². The molecule has 0 radical (unpaired) electrons. The summed E-state index contributed by atoms with van der Waals surface area (Å²) in [5.74, 6) is 7.15. The van der Waals surface area contributed by atoms with Gasteiger partial charge in [0.15, 0.2) is 5.12 Å². The summed E-state index contributed by atoms with van der Waals surface area (Å²) in [5.41, 5.74) is 6.36. The van der Waals surface area contributed by atoms with Crippen LogP contribution in [-0.4, -0.2) is 15.9 Å². The molecule has 0 saturated heterocycles. The van der Waals surface area contributed by atoms with Gasteiger partial charge in [-0.05, 0) is 12.1 Å². The van der Waals surface area contributed by atoms with E-state index < -0.39 is 0 Å². The van der Waals surface area contributed by atoms with Crippen molar-refractivity contribution in [2.75, 3.05) is 11.5 Å². The molecule has 78 valence electrons. The molecule has 1 rings (SSSR count). The largest absolute Gasteiger partial charge is 0.384 e. The highest BCUT2D eigenvalue weighted by molar-refractivity contribution is 8.13. The Kier molecular flexibility index (Phi) is 4.72. The van der Waals surface area contributed by atoms with Crippen LogP contribution in [0.15, 0.2) is 18.3 Å². The molecule has 0 aliphatic heterocycles. The number of anilines is 1. The molecule has 1 heterocycles. The van der Waals surface area contributed by atoms with Crippen molar-refractivity contribution in [2.24, 2.45) is 0 Å². The number of aromatic nitrogens is 1. The fourth-order valence-corrected chi connectivity index (χ4v) is 1.43. The Morgan fingerprint density at radius 3 is 3.13 bits per heavy atom. The molecule has 2 N–H and O–H groups in total. The number of rotatable bonds is 2. The third-order valence-electron chi connectivity index (χ3n) is 1.55. The van der Waals surface area contributed by atoms with Crippen LogP contribution in [0.25, 0.3) is 0 Å². The second-order valence-electron chi connectivity index (χ2n) is 2.86. The van der Waals surface area contributed by atoms with Gasteiger partial charge in [0.05, 0.1) is 0 Å². The van der Waals surface area contributed by atoms with Gasteiger partial charge < -0.3 is 5.73 Å². The lowest BCUT2D eigenvalue weighted by Gasteiger charge is -1.92. The first-order valence-corrected chi connectivity index (χ1v) is 5.51. The number of pyridine rings is 1. The number of carbonyl (C=O) groups excluding carboxylic acids is 1. The fraction of sp³-hybridized carbons (Fsp3) is 0.273. The zero-order chi connectivity index (χ0) is 11.1. The number of nitrogens with zero attached hydrogens (tertiary/aromatic N) is 1. The predicted octanol–water partition coefficient (Wildman–Crippen LogP) is 1.69. The van der Waals surface area contributed by atoms with Gasteiger partial charge in [-0.1, -0.05) is 23.6 Å². The Bertz CT molecular complexity index is 407. The third kappa shape index (κ3) is 5.08. The molecule has 1 aromatic rings. The number of nitrogens with two attached hydrogens (primary N) is 1. The van der Waals surface area contributed by atoms with Crippen LogP contribution in [0.5, 0.6) is 0 Å². The lowest BCUT2D eigenvalue weighted by Crippen LogP contribution is -1.89. The summed E-state index contributed by atoms with van der Waals surface area (Å²) in [6.45, 7) is 1.56. The number of hydrogen-bond acceptors (Lipinski definition) is 4. The Labute approximate surface area is 93.5 Å². The lowest BCUT2D eigenvalue weighted by atomic mass is 10.2. The first kappa shape index (κ1) is 11.6. The Morgan fingerprint density at radius 1 is 1.67 bits per heavy atom. The van der Waals surface area contributed by atoms with Gasteiger partial charge in [-0.2, -0.15) is 0 Å². The van der Waals surface area contributed by atoms with Crippen molar-refractivity contribution in [1.29, 1.82) is 0 Å². The van der Waals surface area contributed by atoms with E-state index in [0.717, 1.165) is 11.3 Å². The van der Waals surface area contributed by atoms with E-state index in [0.29, 0.717) is 12.2 Å². The Balaban J connectivity index is 2.41. The molecule has 3 nitrogen and oxygen atoms in total. The van der Waals surface area contributed by atoms with Gasteiger partial charge >= 0.3 is 0 Å². The summed E-state index contributed by atoms with van der Waals surface area (Å²) in [7, 11) is 0. The van der Waals surface area contributed by atoms with Crippen molar-refractivity contribution in [3.63, 3.8) is 0 Å². The van der Waals surface area contributed by atoms with Crippen molar-refractivity contribution < 1.29 is 4.79 Å². The summed E-state index contributed by atoms with van der Waals surface area (Å²) >= 11 is 1.29. The van der Waals surface area contributed by atoms with Crippen LogP contribution in [0.2, 0.25) is 0 Å². The molecular weight excluding hydrogens is 208 g/mol. The molecule has 0 aliphatic carbocycles. The Hall–Kier alpha value is -1.47. The molecule has 0 amide bonds. The van der Waals surface area contributed by atoms with Crippen molar-refractivity contribution in [1.82, 2.24) is 4.98 Å². The van der Waals surface area contributed by atoms with Crippen molar-refractivity contribution in [2.45, 2.75) is 13.3 Å². The number of carbonyl (C=O) groups is 1. The third-order valence-corrected chi connectivity index (χ3v) is 2.36. The molecule has 4 heteroatoms. The summed E-state index contributed by atoms with van der Waals surface area (Å²) in [4.78, 5) is 14.5. The van der Waals surface area contributed by atoms with E-state index in [2.05, 4.69) is 16.8 Å². The maximum atomic E-state index is 10.6. The van der Waals surface area contributed by atoms with Gasteiger partial charge in [-0.3, -0.25) is 4.79 Å². The van der Waals surface area contributed by atoms with E-state index >= 15 is 0 Å². The molecule has 0 fully saturated rings. The normalized spacial score (nSPS) is 9.13. The van der Waals surface area contributed by atoms with Gasteiger partial charge in [0.1, 0.15) is 5.82 Å². The highest BCUT2D eigenvalue weighted by Gasteiger charge is 1.91. The van der Waals surface area contributed by atoms with Gasteiger partial charge in [0, 0.05) is 30.9 Å². The van der Waals surface area contributed by atoms with Crippen molar-refractivity contribution in [3.8, 4) is 11.8 Å². The molecule has 0 unspecified atom stereocenters. The summed E-state index contributed by atoms with van der Waals surface area (Å²) in [6.07, 6.45) is 2.33. The van der Waals surface area contributed by atoms with Crippen LogP contribution in [0.3, 0.4) is 0 Å². The molecular formula is C11H12N2OS. The summed E-state index contributed by atoms with van der Waals surface area (Å²) < 4.78 is 0. The molecule has 0 saturated carbocycles. The highest BCUT2D eigenvalue weighted by Crippen LogP contribution is 2.03. The minimum atomic E-state index is 0.130. The monoisotopic (exact) mass is 220 g/mol. The quantitative estimate of drug-likeness (QED) is 0.608. The molecule has 0 bridgehead atoms. The van der Waals surface area contributed by atoms with Gasteiger partial charge in [0.2, 0.25) is 0 Å². The molecule has 0 spiro atoms. The lowest BCUT2D eigenvalue weighted by molar-refractivity contribution is -0.109. The summed E-state index contributed by atoms with van der Waals surface area (Å²) in [6, 6.07) is 3.53. The van der Waals surface area contributed by atoms with E-state index in [1.165, 1.54) is 11.8 Å². The smallest absolute Gasteiger partial charge is 0.185 e. The molecule has 0 aromatic carbocycles. The minimum absolute atomic E-state index is 0.130. The number of thioether (sulfide) groups is 1. The van der Waals surface area contributed by atoms with Crippen LogP contribution < -0.4 is 5.73 Å². The molecule has 1 aromatic heterocycles.